The van der Waals surface area contributed by atoms with Crippen LogP contribution < -0.4 is 5.32 Å². The summed E-state index contributed by atoms with van der Waals surface area (Å²) in [5.41, 5.74) is 2.18. The van der Waals surface area contributed by atoms with Crippen molar-refractivity contribution in [3.05, 3.63) is 108 Å². The standard InChI is InChI=1S/C25H24N4O4S/c1-2-29(18-20-11-7-4-8-12-20)34(31,32)22-15-13-21(14-16-22)24(30)26-25-28-27-23(33-25)17-19-9-5-3-6-10-19/h3-16H,2,17-18H2,1H3,(H,26,28,30). The molecule has 0 unspecified atom stereocenters. The molecule has 174 valence electrons. The molecule has 4 rings (SSSR count). The van der Waals surface area contributed by atoms with Crippen molar-refractivity contribution in [1.29, 1.82) is 0 Å². The Morgan fingerprint density at radius 1 is 0.882 bits per heavy atom. The smallest absolute Gasteiger partial charge is 0.322 e. The number of carbonyl (C=O) groups excluding carboxylic acids is 1. The van der Waals surface area contributed by atoms with Crippen molar-refractivity contribution in [2.45, 2.75) is 24.8 Å². The molecule has 9 heteroatoms. The Balaban J connectivity index is 1.42. The van der Waals surface area contributed by atoms with E-state index in [-0.39, 0.29) is 23.0 Å². The highest BCUT2D eigenvalue weighted by Gasteiger charge is 2.23. The third-order valence-electron chi connectivity index (χ3n) is 5.19. The van der Waals surface area contributed by atoms with Crippen LogP contribution in [0.2, 0.25) is 0 Å². The lowest BCUT2D eigenvalue weighted by Gasteiger charge is -2.20. The highest BCUT2D eigenvalue weighted by molar-refractivity contribution is 7.89. The zero-order valence-electron chi connectivity index (χ0n) is 18.6. The van der Waals surface area contributed by atoms with Gasteiger partial charge in [-0.1, -0.05) is 72.7 Å². The van der Waals surface area contributed by atoms with E-state index in [1.807, 2.05) is 60.7 Å². The van der Waals surface area contributed by atoms with Gasteiger partial charge in [-0.05, 0) is 35.4 Å². The molecule has 4 aromatic rings. The predicted octanol–water partition coefficient (Wildman–Crippen LogP) is 4.12. The maximum Gasteiger partial charge on any atom is 0.322 e. The molecule has 0 fully saturated rings. The van der Waals surface area contributed by atoms with Crippen LogP contribution in [0.5, 0.6) is 0 Å². The van der Waals surface area contributed by atoms with E-state index in [4.69, 9.17) is 4.42 Å². The quantitative estimate of drug-likeness (QED) is 0.390. The van der Waals surface area contributed by atoms with Crippen molar-refractivity contribution >= 4 is 21.9 Å². The second-order valence-electron chi connectivity index (χ2n) is 7.56. The molecular weight excluding hydrogens is 452 g/mol. The lowest BCUT2D eigenvalue weighted by molar-refractivity contribution is 0.102. The summed E-state index contributed by atoms with van der Waals surface area (Å²) >= 11 is 0. The van der Waals surface area contributed by atoms with Gasteiger partial charge in [-0.15, -0.1) is 5.10 Å². The first-order valence-electron chi connectivity index (χ1n) is 10.8. The second-order valence-corrected chi connectivity index (χ2v) is 9.50. The molecule has 0 spiro atoms. The molecule has 1 amide bonds. The molecule has 0 atom stereocenters. The Morgan fingerprint density at radius 2 is 1.50 bits per heavy atom. The average Bonchev–Trinajstić information content (AvgIpc) is 3.30. The molecule has 0 radical (unpaired) electrons. The molecule has 0 saturated carbocycles. The summed E-state index contributed by atoms with van der Waals surface area (Å²) in [6.07, 6.45) is 0.452. The van der Waals surface area contributed by atoms with Crippen LogP contribution in [0.15, 0.2) is 94.2 Å². The van der Waals surface area contributed by atoms with Crippen LogP contribution >= 0.6 is 0 Å². The van der Waals surface area contributed by atoms with E-state index < -0.39 is 15.9 Å². The molecule has 1 aromatic heterocycles. The Bertz CT molecular complexity index is 1340. The fourth-order valence-corrected chi connectivity index (χ4v) is 4.83. The minimum absolute atomic E-state index is 0.0207. The molecule has 0 aliphatic rings. The minimum atomic E-state index is -3.72. The first-order valence-corrected chi connectivity index (χ1v) is 12.2. The summed E-state index contributed by atoms with van der Waals surface area (Å²) in [4.78, 5) is 12.7. The fourth-order valence-electron chi connectivity index (χ4n) is 3.40. The largest absolute Gasteiger partial charge is 0.407 e. The average molecular weight is 477 g/mol. The summed E-state index contributed by atoms with van der Waals surface area (Å²) in [6, 6.07) is 24.8. The van der Waals surface area contributed by atoms with Gasteiger partial charge in [0.1, 0.15) is 0 Å². The highest BCUT2D eigenvalue weighted by atomic mass is 32.2. The zero-order valence-corrected chi connectivity index (χ0v) is 19.4. The van der Waals surface area contributed by atoms with E-state index in [9.17, 15) is 13.2 Å². The number of hydrogen-bond donors (Lipinski definition) is 1. The number of carbonyl (C=O) groups is 1. The second kappa shape index (κ2) is 10.4. The van der Waals surface area contributed by atoms with Gasteiger partial charge in [-0.2, -0.15) is 4.31 Å². The van der Waals surface area contributed by atoms with Gasteiger partial charge in [0.05, 0.1) is 11.3 Å². The number of nitrogens with one attached hydrogen (secondary N) is 1. The van der Waals surface area contributed by atoms with E-state index in [0.717, 1.165) is 11.1 Å². The number of nitrogens with zero attached hydrogens (tertiary/aromatic N) is 3. The monoisotopic (exact) mass is 476 g/mol. The lowest BCUT2D eigenvalue weighted by atomic mass is 10.2. The van der Waals surface area contributed by atoms with Crippen LogP contribution in [0.3, 0.4) is 0 Å². The first kappa shape index (κ1) is 23.3. The SMILES string of the molecule is CCN(Cc1ccccc1)S(=O)(=O)c1ccc(C(=O)Nc2nnc(Cc3ccccc3)o2)cc1. The van der Waals surface area contributed by atoms with Gasteiger partial charge < -0.3 is 4.42 Å². The molecule has 0 saturated heterocycles. The number of rotatable bonds is 9. The molecular formula is C25H24N4O4S. The Kier molecular flexibility index (Phi) is 7.15. The zero-order chi connectivity index (χ0) is 24.0. The van der Waals surface area contributed by atoms with E-state index in [2.05, 4.69) is 15.5 Å². The summed E-state index contributed by atoms with van der Waals surface area (Å²) < 4.78 is 33.1. The van der Waals surface area contributed by atoms with Gasteiger partial charge in [0.15, 0.2) is 0 Å². The topological polar surface area (TPSA) is 105 Å². The molecule has 1 N–H and O–H groups in total. The Hall–Kier alpha value is -3.82. The highest BCUT2D eigenvalue weighted by Crippen LogP contribution is 2.20. The van der Waals surface area contributed by atoms with E-state index in [1.54, 1.807) is 6.92 Å². The predicted molar refractivity (Wildman–Crippen MR) is 128 cm³/mol. The van der Waals surface area contributed by atoms with Gasteiger partial charge in [0.25, 0.3) is 5.91 Å². The van der Waals surface area contributed by atoms with Crippen LogP contribution in [0, 0.1) is 0 Å². The maximum atomic E-state index is 13.1. The Labute approximate surface area is 198 Å². The molecule has 3 aromatic carbocycles. The first-order chi connectivity index (χ1) is 16.5. The van der Waals surface area contributed by atoms with Crippen molar-refractivity contribution in [3.8, 4) is 0 Å². The Morgan fingerprint density at radius 3 is 2.12 bits per heavy atom. The van der Waals surface area contributed by atoms with Crippen molar-refractivity contribution in [2.75, 3.05) is 11.9 Å². The van der Waals surface area contributed by atoms with Gasteiger partial charge in [-0.25, -0.2) is 8.42 Å². The van der Waals surface area contributed by atoms with Crippen molar-refractivity contribution in [1.82, 2.24) is 14.5 Å². The summed E-state index contributed by atoms with van der Waals surface area (Å²) in [5, 5.41) is 10.4. The molecule has 0 aliphatic heterocycles. The van der Waals surface area contributed by atoms with Crippen LogP contribution in [-0.2, 0) is 23.0 Å². The molecule has 0 aliphatic carbocycles. The van der Waals surface area contributed by atoms with Gasteiger partial charge in [0, 0.05) is 18.7 Å². The third kappa shape index (κ3) is 5.56. The number of sulfonamides is 1. The van der Waals surface area contributed by atoms with Crippen LogP contribution in [-0.4, -0.2) is 35.4 Å². The summed E-state index contributed by atoms with van der Waals surface area (Å²) in [5.74, 6) is -0.100. The third-order valence-corrected chi connectivity index (χ3v) is 7.13. The van der Waals surface area contributed by atoms with Crippen molar-refractivity contribution in [2.24, 2.45) is 0 Å². The van der Waals surface area contributed by atoms with Gasteiger partial charge in [0.2, 0.25) is 15.9 Å². The lowest BCUT2D eigenvalue weighted by Crippen LogP contribution is -2.30. The van der Waals surface area contributed by atoms with Gasteiger partial charge in [-0.3, -0.25) is 10.1 Å². The maximum absolute atomic E-state index is 13.1. The summed E-state index contributed by atoms with van der Waals surface area (Å²) in [6.45, 7) is 2.38. The van der Waals surface area contributed by atoms with E-state index in [0.29, 0.717) is 18.9 Å². The number of amides is 1. The number of hydrogen-bond acceptors (Lipinski definition) is 6. The molecule has 34 heavy (non-hydrogen) atoms. The molecule has 8 nitrogen and oxygen atoms in total. The van der Waals surface area contributed by atoms with Crippen molar-refractivity contribution in [3.63, 3.8) is 0 Å². The van der Waals surface area contributed by atoms with Crippen LogP contribution in [0.1, 0.15) is 34.3 Å². The number of aromatic nitrogens is 2. The fraction of sp³-hybridized carbons (Fsp3) is 0.160. The molecule has 0 bridgehead atoms. The van der Waals surface area contributed by atoms with Gasteiger partial charge >= 0.3 is 6.01 Å². The van der Waals surface area contributed by atoms with Crippen LogP contribution in [0.25, 0.3) is 0 Å². The summed E-state index contributed by atoms with van der Waals surface area (Å²) in [7, 11) is -3.72. The van der Waals surface area contributed by atoms with Crippen LogP contribution in [0.4, 0.5) is 6.01 Å². The van der Waals surface area contributed by atoms with E-state index in [1.165, 1.54) is 28.6 Å². The minimum Gasteiger partial charge on any atom is -0.407 e. The van der Waals surface area contributed by atoms with E-state index >= 15 is 0 Å². The molecule has 1 heterocycles. The number of anilines is 1. The van der Waals surface area contributed by atoms with Crippen molar-refractivity contribution < 1.29 is 17.6 Å². The normalized spacial score (nSPS) is 11.5. The number of benzene rings is 3.